The Kier molecular flexibility index (Phi) is 5.90. The lowest BCUT2D eigenvalue weighted by Crippen LogP contribution is -2.13. The highest BCUT2D eigenvalue weighted by Crippen LogP contribution is 2.39. The minimum Gasteiger partial charge on any atom is -0.491 e. The average Bonchev–Trinajstić information content (AvgIpc) is 3.26. The van der Waals surface area contributed by atoms with Crippen molar-refractivity contribution in [3.8, 4) is 5.75 Å². The van der Waals surface area contributed by atoms with Gasteiger partial charge in [-0.1, -0.05) is 13.0 Å². The van der Waals surface area contributed by atoms with Crippen molar-refractivity contribution in [2.45, 2.75) is 19.8 Å². The number of nitrogens with one attached hydrogen (secondary N) is 1. The minimum absolute atomic E-state index is 0.0775. The van der Waals surface area contributed by atoms with Crippen LogP contribution in [0, 0.1) is 0 Å². The maximum Gasteiger partial charge on any atom is 0.351 e. The van der Waals surface area contributed by atoms with Crippen LogP contribution in [0.3, 0.4) is 0 Å². The Balaban J connectivity index is 1.88. The number of hydrogen-bond donors (Lipinski definition) is 1. The predicted octanol–water partition coefficient (Wildman–Crippen LogP) is 4.72. The number of anilines is 1. The van der Waals surface area contributed by atoms with Crippen LogP contribution in [0.5, 0.6) is 5.75 Å². The average molecular weight is 389 g/mol. The Hall–Kier alpha value is -2.38. The van der Waals surface area contributed by atoms with Crippen molar-refractivity contribution < 1.29 is 19.1 Å². The lowest BCUT2D eigenvalue weighted by atomic mass is 10.2. The van der Waals surface area contributed by atoms with Crippen molar-refractivity contribution in [2.24, 2.45) is 0 Å². The number of rotatable bonds is 7. The first-order chi connectivity index (χ1) is 12.6. The van der Waals surface area contributed by atoms with E-state index in [-0.39, 0.29) is 5.91 Å². The maximum absolute atomic E-state index is 12.2. The topological polar surface area (TPSA) is 64.6 Å². The summed E-state index contributed by atoms with van der Waals surface area (Å²) in [5, 5.41) is 5.66. The van der Waals surface area contributed by atoms with Crippen LogP contribution in [0.2, 0.25) is 0 Å². The van der Waals surface area contributed by atoms with E-state index in [1.807, 2.05) is 42.6 Å². The summed E-state index contributed by atoms with van der Waals surface area (Å²) in [6.45, 7) is 2.51. The molecule has 0 aliphatic heterocycles. The Morgan fingerprint density at radius 1 is 1.23 bits per heavy atom. The van der Waals surface area contributed by atoms with E-state index in [9.17, 15) is 9.59 Å². The number of carbonyl (C=O) groups is 2. The number of esters is 1. The molecule has 0 fully saturated rings. The van der Waals surface area contributed by atoms with Crippen LogP contribution in [0.25, 0.3) is 10.1 Å². The van der Waals surface area contributed by atoms with Gasteiger partial charge in [-0.2, -0.15) is 0 Å². The van der Waals surface area contributed by atoms with Gasteiger partial charge in [-0.15, -0.1) is 22.7 Å². The Labute approximate surface area is 159 Å². The van der Waals surface area contributed by atoms with E-state index in [1.165, 1.54) is 18.4 Å². The van der Waals surface area contributed by atoms with E-state index < -0.39 is 5.97 Å². The van der Waals surface area contributed by atoms with E-state index >= 15 is 0 Å². The molecule has 3 rings (SSSR count). The molecule has 1 N–H and O–H groups in total. The third-order valence-corrected chi connectivity index (χ3v) is 5.67. The van der Waals surface area contributed by atoms with Crippen LogP contribution in [0.4, 0.5) is 5.69 Å². The molecule has 0 aliphatic carbocycles. The highest BCUT2D eigenvalue weighted by atomic mass is 32.1. The number of thiophene rings is 2. The summed E-state index contributed by atoms with van der Waals surface area (Å²) >= 11 is 2.88. The SMILES string of the molecule is CCCOc1c(C(=O)OC)sc2ccc(NC(=O)Cc3cccs3)cc12. The highest BCUT2D eigenvalue weighted by Gasteiger charge is 2.21. The molecular weight excluding hydrogens is 370 g/mol. The predicted molar refractivity (Wildman–Crippen MR) is 106 cm³/mol. The molecule has 7 heteroatoms. The second-order valence-corrected chi connectivity index (χ2v) is 7.70. The van der Waals surface area contributed by atoms with E-state index in [0.717, 1.165) is 21.4 Å². The van der Waals surface area contributed by atoms with Gasteiger partial charge in [0.15, 0.2) is 10.6 Å². The summed E-state index contributed by atoms with van der Waals surface area (Å²) in [4.78, 5) is 25.7. The molecule has 136 valence electrons. The van der Waals surface area contributed by atoms with Crippen LogP contribution >= 0.6 is 22.7 Å². The first-order valence-electron chi connectivity index (χ1n) is 8.22. The number of ether oxygens (including phenoxy) is 2. The normalized spacial score (nSPS) is 10.7. The number of benzene rings is 1. The van der Waals surface area contributed by atoms with Gasteiger partial charge in [-0.25, -0.2) is 4.79 Å². The van der Waals surface area contributed by atoms with Crippen LogP contribution < -0.4 is 10.1 Å². The number of amides is 1. The third-order valence-electron chi connectivity index (χ3n) is 3.66. The molecule has 0 unspecified atom stereocenters. The Morgan fingerprint density at radius 2 is 2.08 bits per heavy atom. The second-order valence-electron chi connectivity index (χ2n) is 5.62. The molecule has 0 radical (unpaired) electrons. The molecule has 5 nitrogen and oxygen atoms in total. The summed E-state index contributed by atoms with van der Waals surface area (Å²) in [5.74, 6) is 0.0277. The van der Waals surface area contributed by atoms with E-state index in [4.69, 9.17) is 9.47 Å². The smallest absolute Gasteiger partial charge is 0.351 e. The van der Waals surface area contributed by atoms with Gasteiger partial charge in [0.25, 0.3) is 0 Å². The quantitative estimate of drug-likeness (QED) is 0.594. The van der Waals surface area contributed by atoms with Crippen molar-refractivity contribution in [3.63, 3.8) is 0 Å². The van der Waals surface area contributed by atoms with E-state index in [1.54, 1.807) is 11.3 Å². The van der Waals surface area contributed by atoms with Crippen LogP contribution in [0.15, 0.2) is 35.7 Å². The Morgan fingerprint density at radius 3 is 2.77 bits per heavy atom. The Bertz CT molecular complexity index is 915. The molecule has 0 saturated carbocycles. The molecule has 2 heterocycles. The van der Waals surface area contributed by atoms with Gasteiger partial charge in [0.05, 0.1) is 20.1 Å². The van der Waals surface area contributed by atoms with Gasteiger partial charge >= 0.3 is 5.97 Å². The summed E-state index contributed by atoms with van der Waals surface area (Å²) in [7, 11) is 1.35. The summed E-state index contributed by atoms with van der Waals surface area (Å²) in [6, 6.07) is 9.42. The highest BCUT2D eigenvalue weighted by molar-refractivity contribution is 7.21. The van der Waals surface area contributed by atoms with Crippen molar-refractivity contribution in [3.05, 3.63) is 45.5 Å². The molecule has 0 atom stereocenters. The fourth-order valence-corrected chi connectivity index (χ4v) is 4.25. The van der Waals surface area contributed by atoms with Gasteiger partial charge < -0.3 is 14.8 Å². The molecule has 1 amide bonds. The number of fused-ring (bicyclic) bond motifs is 1. The molecule has 0 aliphatic rings. The fourth-order valence-electron chi connectivity index (χ4n) is 2.50. The van der Waals surface area contributed by atoms with Gasteiger partial charge in [0.1, 0.15) is 0 Å². The fraction of sp³-hybridized carbons (Fsp3) is 0.263. The molecule has 1 aromatic carbocycles. The molecule has 26 heavy (non-hydrogen) atoms. The van der Waals surface area contributed by atoms with Crippen molar-refractivity contribution in [1.82, 2.24) is 0 Å². The minimum atomic E-state index is -0.416. The first kappa shape index (κ1) is 18.4. The zero-order valence-electron chi connectivity index (χ0n) is 14.5. The summed E-state index contributed by atoms with van der Waals surface area (Å²) < 4.78 is 11.6. The first-order valence-corrected chi connectivity index (χ1v) is 9.92. The summed E-state index contributed by atoms with van der Waals surface area (Å²) in [5.41, 5.74) is 0.676. The van der Waals surface area contributed by atoms with Gasteiger partial charge in [0.2, 0.25) is 5.91 Å². The third kappa shape index (κ3) is 4.05. The van der Waals surface area contributed by atoms with Gasteiger partial charge in [-0.05, 0) is 36.1 Å². The second kappa shape index (κ2) is 8.33. The zero-order valence-corrected chi connectivity index (χ0v) is 16.2. The van der Waals surface area contributed by atoms with E-state index in [0.29, 0.717) is 29.3 Å². The molecule has 3 aromatic rings. The lowest BCUT2D eigenvalue weighted by Gasteiger charge is -2.07. The largest absolute Gasteiger partial charge is 0.491 e. The van der Waals surface area contributed by atoms with Crippen molar-refractivity contribution in [1.29, 1.82) is 0 Å². The summed E-state index contributed by atoms with van der Waals surface area (Å²) in [6.07, 6.45) is 1.17. The molecule has 0 bridgehead atoms. The van der Waals surface area contributed by atoms with Gasteiger partial charge in [-0.3, -0.25) is 4.79 Å². The monoisotopic (exact) mass is 389 g/mol. The molecular formula is C19H19NO4S2. The maximum atomic E-state index is 12.2. The number of carbonyl (C=O) groups excluding carboxylic acids is 2. The molecule has 0 spiro atoms. The van der Waals surface area contributed by atoms with Crippen LogP contribution in [0.1, 0.15) is 27.9 Å². The lowest BCUT2D eigenvalue weighted by molar-refractivity contribution is -0.115. The number of methoxy groups -OCH3 is 1. The molecule has 2 aromatic heterocycles. The molecule has 0 saturated heterocycles. The zero-order chi connectivity index (χ0) is 18.5. The number of hydrogen-bond acceptors (Lipinski definition) is 6. The van der Waals surface area contributed by atoms with E-state index in [2.05, 4.69) is 5.32 Å². The van der Waals surface area contributed by atoms with Crippen molar-refractivity contribution in [2.75, 3.05) is 19.0 Å². The van der Waals surface area contributed by atoms with Crippen LogP contribution in [-0.2, 0) is 16.0 Å². The van der Waals surface area contributed by atoms with Gasteiger partial charge in [0, 0.05) is 20.7 Å². The van der Waals surface area contributed by atoms with Crippen LogP contribution in [-0.4, -0.2) is 25.6 Å². The standard InChI is InChI=1S/C19H19NO4S2/c1-3-8-24-17-14-10-12(20-16(21)11-13-5-4-9-25-13)6-7-15(14)26-18(17)19(22)23-2/h4-7,9-10H,3,8,11H2,1-2H3,(H,20,21). The van der Waals surface area contributed by atoms with Crippen molar-refractivity contribution >= 4 is 50.3 Å².